The van der Waals surface area contributed by atoms with Crippen LogP contribution in [0.5, 0.6) is 0 Å². The molecule has 20 heavy (non-hydrogen) atoms. The van der Waals surface area contributed by atoms with Crippen LogP contribution in [0, 0.1) is 0 Å². The molecule has 7 nitrogen and oxygen atoms in total. The molecule has 1 rings (SSSR count). The predicted molar refractivity (Wildman–Crippen MR) is 79.1 cm³/mol. The Hall–Kier alpha value is -1.28. The van der Waals surface area contributed by atoms with E-state index in [0.717, 1.165) is 30.5 Å². The number of hydrogen-bond donors (Lipinski definition) is 2. The summed E-state index contributed by atoms with van der Waals surface area (Å²) >= 11 is 0. The molecule has 0 aliphatic rings. The number of aryl methyl sites for hydroxylation is 2. The Morgan fingerprint density at radius 3 is 2.20 bits per heavy atom. The Balaban J connectivity index is 2.75. The van der Waals surface area contributed by atoms with Crippen molar-refractivity contribution in [2.75, 3.05) is 18.1 Å². The zero-order chi connectivity index (χ0) is 15.4. The quantitative estimate of drug-likeness (QED) is 0.771. The van der Waals surface area contributed by atoms with E-state index in [-0.39, 0.29) is 0 Å². The fraction of sp³-hybridized carbons (Fsp3) is 0.750. The number of nitrogens with one attached hydrogen (secondary N) is 2. The maximum atomic E-state index is 11.3. The predicted octanol–water partition coefficient (Wildman–Crippen LogP) is 0.736. The number of aromatic nitrogens is 3. The Morgan fingerprint density at radius 2 is 1.70 bits per heavy atom. The van der Waals surface area contributed by atoms with Gasteiger partial charge in [-0.25, -0.2) is 18.1 Å². The van der Waals surface area contributed by atoms with Gasteiger partial charge in [-0.2, -0.15) is 5.10 Å². The normalized spacial score (nSPS) is 12.4. The van der Waals surface area contributed by atoms with E-state index < -0.39 is 15.6 Å². The van der Waals surface area contributed by atoms with E-state index in [1.165, 1.54) is 0 Å². The number of nitrogens with zero attached hydrogens (tertiary/aromatic N) is 3. The molecule has 0 spiro atoms. The SMILES string of the molecule is CCc1nnc(NCC(C)(C)NS(C)(=O)=O)nc1CC. The fourth-order valence-corrected chi connectivity index (χ4v) is 2.93. The van der Waals surface area contributed by atoms with Gasteiger partial charge in [0.2, 0.25) is 16.0 Å². The number of rotatable bonds is 7. The van der Waals surface area contributed by atoms with Crippen molar-refractivity contribution in [3.63, 3.8) is 0 Å². The second-order valence-corrected chi connectivity index (χ2v) is 7.10. The van der Waals surface area contributed by atoms with Crippen molar-refractivity contribution >= 4 is 16.0 Å². The molecule has 0 atom stereocenters. The third kappa shape index (κ3) is 5.38. The summed E-state index contributed by atoms with van der Waals surface area (Å²) in [4.78, 5) is 4.40. The molecule has 0 radical (unpaired) electrons. The van der Waals surface area contributed by atoms with Crippen molar-refractivity contribution in [2.24, 2.45) is 0 Å². The summed E-state index contributed by atoms with van der Waals surface area (Å²) in [6.07, 6.45) is 2.72. The molecule has 0 aromatic carbocycles. The van der Waals surface area contributed by atoms with Crippen LogP contribution in [0.4, 0.5) is 5.95 Å². The highest BCUT2D eigenvalue weighted by atomic mass is 32.2. The van der Waals surface area contributed by atoms with Crippen molar-refractivity contribution < 1.29 is 8.42 Å². The zero-order valence-electron chi connectivity index (χ0n) is 12.7. The third-order valence-electron chi connectivity index (χ3n) is 2.66. The smallest absolute Gasteiger partial charge is 0.243 e. The minimum Gasteiger partial charge on any atom is -0.351 e. The van der Waals surface area contributed by atoms with Crippen LogP contribution in [0.2, 0.25) is 0 Å². The molecule has 2 N–H and O–H groups in total. The summed E-state index contributed by atoms with van der Waals surface area (Å²) in [6, 6.07) is 0. The molecule has 0 aliphatic heterocycles. The molecule has 0 aliphatic carbocycles. The van der Waals surface area contributed by atoms with Crippen LogP contribution in [0.3, 0.4) is 0 Å². The Bertz CT molecular complexity index is 557. The van der Waals surface area contributed by atoms with Crippen molar-refractivity contribution in [1.29, 1.82) is 0 Å². The van der Waals surface area contributed by atoms with Crippen LogP contribution in [-0.2, 0) is 22.9 Å². The van der Waals surface area contributed by atoms with E-state index in [1.807, 2.05) is 13.8 Å². The Morgan fingerprint density at radius 1 is 1.10 bits per heavy atom. The Kier molecular flexibility index (Phi) is 5.41. The third-order valence-corrected chi connectivity index (χ3v) is 3.58. The fourth-order valence-electron chi connectivity index (χ4n) is 1.85. The van der Waals surface area contributed by atoms with Gasteiger partial charge in [-0.05, 0) is 26.7 Å². The molecule has 0 unspecified atom stereocenters. The van der Waals surface area contributed by atoms with Gasteiger partial charge in [0.25, 0.3) is 0 Å². The van der Waals surface area contributed by atoms with Gasteiger partial charge in [0.05, 0.1) is 17.6 Å². The summed E-state index contributed by atoms with van der Waals surface area (Å²) in [5.41, 5.74) is 1.18. The molecule has 1 heterocycles. The van der Waals surface area contributed by atoms with E-state index in [9.17, 15) is 8.42 Å². The van der Waals surface area contributed by atoms with Crippen LogP contribution in [0.15, 0.2) is 0 Å². The van der Waals surface area contributed by atoms with Crippen molar-refractivity contribution in [3.8, 4) is 0 Å². The molecular weight excluding hydrogens is 278 g/mol. The molecule has 0 saturated heterocycles. The highest BCUT2D eigenvalue weighted by molar-refractivity contribution is 7.88. The van der Waals surface area contributed by atoms with Crippen LogP contribution in [0.25, 0.3) is 0 Å². The van der Waals surface area contributed by atoms with Crippen LogP contribution >= 0.6 is 0 Å². The molecule has 0 saturated carbocycles. The van der Waals surface area contributed by atoms with Gasteiger partial charge in [-0.15, -0.1) is 5.10 Å². The van der Waals surface area contributed by atoms with E-state index in [4.69, 9.17) is 0 Å². The molecule has 0 fully saturated rings. The molecule has 0 bridgehead atoms. The van der Waals surface area contributed by atoms with Gasteiger partial charge < -0.3 is 5.32 Å². The van der Waals surface area contributed by atoms with Gasteiger partial charge in [0.15, 0.2) is 0 Å². The first kappa shape index (κ1) is 16.8. The average Bonchev–Trinajstić information content (AvgIpc) is 2.33. The number of hydrogen-bond acceptors (Lipinski definition) is 6. The van der Waals surface area contributed by atoms with E-state index in [1.54, 1.807) is 13.8 Å². The van der Waals surface area contributed by atoms with E-state index in [2.05, 4.69) is 25.2 Å². The largest absolute Gasteiger partial charge is 0.351 e. The minimum atomic E-state index is -3.26. The van der Waals surface area contributed by atoms with E-state index in [0.29, 0.717) is 12.5 Å². The summed E-state index contributed by atoms with van der Waals surface area (Å²) in [5, 5.41) is 11.2. The van der Waals surface area contributed by atoms with Crippen molar-refractivity contribution in [2.45, 2.75) is 46.1 Å². The molecular formula is C12H23N5O2S. The summed E-state index contributed by atoms with van der Waals surface area (Å²) in [6.45, 7) is 7.97. The molecule has 114 valence electrons. The topological polar surface area (TPSA) is 96.9 Å². The van der Waals surface area contributed by atoms with Gasteiger partial charge in [0.1, 0.15) is 0 Å². The molecule has 1 aromatic rings. The van der Waals surface area contributed by atoms with Gasteiger partial charge in [0, 0.05) is 12.1 Å². The lowest BCUT2D eigenvalue weighted by Crippen LogP contribution is -2.48. The second-order valence-electron chi connectivity index (χ2n) is 5.35. The summed E-state index contributed by atoms with van der Waals surface area (Å²) in [5.74, 6) is 0.419. The summed E-state index contributed by atoms with van der Waals surface area (Å²) in [7, 11) is -3.26. The van der Waals surface area contributed by atoms with Crippen molar-refractivity contribution in [1.82, 2.24) is 19.9 Å². The average molecular weight is 301 g/mol. The lowest BCUT2D eigenvalue weighted by atomic mass is 10.1. The van der Waals surface area contributed by atoms with Gasteiger partial charge >= 0.3 is 0 Å². The lowest BCUT2D eigenvalue weighted by molar-refractivity contribution is 0.475. The lowest BCUT2D eigenvalue weighted by Gasteiger charge is -2.25. The maximum absolute atomic E-state index is 11.3. The highest BCUT2D eigenvalue weighted by Gasteiger charge is 2.22. The minimum absolute atomic E-state index is 0.371. The van der Waals surface area contributed by atoms with Gasteiger partial charge in [-0.1, -0.05) is 13.8 Å². The Labute approximate surface area is 120 Å². The number of sulfonamides is 1. The first-order chi connectivity index (χ1) is 9.17. The van der Waals surface area contributed by atoms with Crippen LogP contribution < -0.4 is 10.0 Å². The molecule has 8 heteroatoms. The zero-order valence-corrected chi connectivity index (χ0v) is 13.5. The van der Waals surface area contributed by atoms with Crippen molar-refractivity contribution in [3.05, 3.63) is 11.4 Å². The van der Waals surface area contributed by atoms with Gasteiger partial charge in [-0.3, -0.25) is 0 Å². The van der Waals surface area contributed by atoms with Crippen LogP contribution in [-0.4, -0.2) is 41.9 Å². The first-order valence-corrected chi connectivity index (χ1v) is 8.51. The number of anilines is 1. The second kappa shape index (κ2) is 6.45. The molecule has 0 amide bonds. The molecule has 1 aromatic heterocycles. The summed E-state index contributed by atoms with van der Waals surface area (Å²) < 4.78 is 25.1. The first-order valence-electron chi connectivity index (χ1n) is 6.62. The standard InChI is InChI=1S/C12H23N5O2S/c1-6-9-10(7-2)15-16-11(14-9)13-8-12(3,4)17-20(5,18)19/h17H,6-8H2,1-5H3,(H,13,14,16). The van der Waals surface area contributed by atoms with Crippen LogP contribution in [0.1, 0.15) is 39.1 Å². The highest BCUT2D eigenvalue weighted by Crippen LogP contribution is 2.09. The maximum Gasteiger partial charge on any atom is 0.243 e. The van der Waals surface area contributed by atoms with E-state index >= 15 is 0 Å². The monoisotopic (exact) mass is 301 g/mol.